The van der Waals surface area contributed by atoms with Crippen molar-refractivity contribution in [3.05, 3.63) is 53.1 Å². The second-order valence-corrected chi connectivity index (χ2v) is 8.50. The van der Waals surface area contributed by atoms with Gasteiger partial charge in [-0.3, -0.25) is 4.79 Å². The SMILES string of the molecule is Cc1nc2ncnn2c(C)c1CCC(=O)NCc1ccc(N2CCSCC2)cc1. The zero-order chi connectivity index (χ0) is 20.2. The first-order chi connectivity index (χ1) is 14.1. The third kappa shape index (κ3) is 4.53. The summed E-state index contributed by atoms with van der Waals surface area (Å²) in [7, 11) is 0. The van der Waals surface area contributed by atoms with Crippen LogP contribution in [-0.4, -0.2) is 50.1 Å². The number of aromatic nitrogens is 4. The van der Waals surface area contributed by atoms with Gasteiger partial charge in [0.25, 0.3) is 5.78 Å². The van der Waals surface area contributed by atoms with Gasteiger partial charge in [0, 0.05) is 54.6 Å². The first kappa shape index (κ1) is 19.7. The van der Waals surface area contributed by atoms with Crippen LogP contribution in [0.3, 0.4) is 0 Å². The second kappa shape index (κ2) is 8.82. The van der Waals surface area contributed by atoms with Crippen LogP contribution in [0.5, 0.6) is 0 Å². The molecule has 0 saturated carbocycles. The summed E-state index contributed by atoms with van der Waals surface area (Å²) < 4.78 is 1.73. The lowest BCUT2D eigenvalue weighted by molar-refractivity contribution is -0.121. The fourth-order valence-corrected chi connectivity index (χ4v) is 4.59. The standard InChI is InChI=1S/C21H26N6OS/c1-15-19(16(2)27-21(25-15)23-14-24-27)7-8-20(28)22-13-17-3-5-18(6-4-17)26-9-11-29-12-10-26/h3-6,14H,7-13H2,1-2H3,(H,22,28). The molecule has 0 unspecified atom stereocenters. The fraction of sp³-hybridized carbons (Fsp3) is 0.429. The maximum absolute atomic E-state index is 12.4. The average Bonchev–Trinajstić information content (AvgIpc) is 3.22. The van der Waals surface area contributed by atoms with Gasteiger partial charge in [-0.05, 0) is 43.5 Å². The topological polar surface area (TPSA) is 75.4 Å². The smallest absolute Gasteiger partial charge is 0.252 e. The molecule has 0 radical (unpaired) electrons. The molecule has 1 fully saturated rings. The first-order valence-electron chi connectivity index (χ1n) is 9.96. The van der Waals surface area contributed by atoms with E-state index < -0.39 is 0 Å². The molecule has 8 heteroatoms. The van der Waals surface area contributed by atoms with Crippen LogP contribution in [0.1, 0.15) is 28.9 Å². The number of benzene rings is 1. The third-order valence-corrected chi connectivity index (χ3v) is 6.34. The molecular weight excluding hydrogens is 384 g/mol. The molecule has 0 atom stereocenters. The minimum Gasteiger partial charge on any atom is -0.370 e. The molecule has 0 spiro atoms. The fourth-order valence-electron chi connectivity index (χ4n) is 3.69. The summed E-state index contributed by atoms with van der Waals surface area (Å²) in [5, 5.41) is 7.23. The molecule has 4 rings (SSSR count). The van der Waals surface area contributed by atoms with Crippen molar-refractivity contribution < 1.29 is 4.79 Å². The highest BCUT2D eigenvalue weighted by Crippen LogP contribution is 2.20. The number of thioether (sulfide) groups is 1. The molecule has 7 nitrogen and oxygen atoms in total. The lowest BCUT2D eigenvalue weighted by Crippen LogP contribution is -2.32. The van der Waals surface area contributed by atoms with E-state index >= 15 is 0 Å². The highest BCUT2D eigenvalue weighted by molar-refractivity contribution is 7.99. The van der Waals surface area contributed by atoms with Gasteiger partial charge in [-0.25, -0.2) is 9.50 Å². The molecule has 2 aromatic heterocycles. The number of carbonyl (C=O) groups is 1. The molecular formula is C21H26N6OS. The van der Waals surface area contributed by atoms with E-state index in [-0.39, 0.29) is 5.91 Å². The molecule has 1 aliphatic rings. The Bertz CT molecular complexity index is 994. The van der Waals surface area contributed by atoms with E-state index in [1.807, 2.05) is 25.6 Å². The van der Waals surface area contributed by atoms with E-state index in [0.29, 0.717) is 25.2 Å². The van der Waals surface area contributed by atoms with Gasteiger partial charge in [0.2, 0.25) is 5.91 Å². The van der Waals surface area contributed by atoms with E-state index in [0.717, 1.165) is 35.6 Å². The van der Waals surface area contributed by atoms with Gasteiger partial charge >= 0.3 is 0 Å². The predicted molar refractivity (Wildman–Crippen MR) is 116 cm³/mol. The van der Waals surface area contributed by atoms with E-state index in [1.165, 1.54) is 23.5 Å². The number of rotatable bonds is 6. The van der Waals surface area contributed by atoms with Gasteiger partial charge in [-0.1, -0.05) is 12.1 Å². The van der Waals surface area contributed by atoms with Crippen LogP contribution in [0.2, 0.25) is 0 Å². The first-order valence-corrected chi connectivity index (χ1v) is 11.1. The highest BCUT2D eigenvalue weighted by atomic mass is 32.2. The Morgan fingerprint density at radius 3 is 2.69 bits per heavy atom. The van der Waals surface area contributed by atoms with Crippen LogP contribution in [-0.2, 0) is 17.8 Å². The lowest BCUT2D eigenvalue weighted by Gasteiger charge is -2.28. The van der Waals surface area contributed by atoms with E-state index in [4.69, 9.17) is 0 Å². The molecule has 0 bridgehead atoms. The van der Waals surface area contributed by atoms with Gasteiger partial charge in [-0.2, -0.15) is 21.8 Å². The van der Waals surface area contributed by atoms with Crippen LogP contribution in [0.25, 0.3) is 5.78 Å². The van der Waals surface area contributed by atoms with E-state index in [9.17, 15) is 4.79 Å². The van der Waals surface area contributed by atoms with Crippen molar-refractivity contribution in [1.82, 2.24) is 24.9 Å². The number of carbonyl (C=O) groups excluding carboxylic acids is 1. The second-order valence-electron chi connectivity index (χ2n) is 7.28. The summed E-state index contributed by atoms with van der Waals surface area (Å²) in [5.74, 6) is 3.02. The molecule has 29 heavy (non-hydrogen) atoms. The molecule has 1 saturated heterocycles. The van der Waals surface area contributed by atoms with E-state index in [1.54, 1.807) is 4.52 Å². The quantitative estimate of drug-likeness (QED) is 0.673. The van der Waals surface area contributed by atoms with Crippen LogP contribution in [0.4, 0.5) is 5.69 Å². The van der Waals surface area contributed by atoms with Crippen molar-refractivity contribution in [3.8, 4) is 0 Å². The van der Waals surface area contributed by atoms with Crippen LogP contribution in [0.15, 0.2) is 30.6 Å². The Kier molecular flexibility index (Phi) is 5.99. The predicted octanol–water partition coefficient (Wildman–Crippen LogP) is 2.54. The van der Waals surface area contributed by atoms with Gasteiger partial charge in [0.1, 0.15) is 6.33 Å². The van der Waals surface area contributed by atoms with Gasteiger partial charge in [0.15, 0.2) is 0 Å². The minimum absolute atomic E-state index is 0.0413. The Balaban J connectivity index is 1.30. The van der Waals surface area contributed by atoms with Gasteiger partial charge < -0.3 is 10.2 Å². The van der Waals surface area contributed by atoms with Crippen LogP contribution >= 0.6 is 11.8 Å². The summed E-state index contributed by atoms with van der Waals surface area (Å²) in [6.45, 7) is 6.71. The maximum atomic E-state index is 12.4. The number of nitrogens with zero attached hydrogens (tertiary/aromatic N) is 5. The summed E-state index contributed by atoms with van der Waals surface area (Å²) in [5.41, 5.74) is 5.34. The average molecular weight is 411 g/mol. The Hall–Kier alpha value is -2.61. The Morgan fingerprint density at radius 2 is 1.93 bits per heavy atom. The number of nitrogens with one attached hydrogen (secondary N) is 1. The maximum Gasteiger partial charge on any atom is 0.252 e. The molecule has 1 amide bonds. The van der Waals surface area contributed by atoms with Crippen LogP contribution in [0, 0.1) is 13.8 Å². The summed E-state index contributed by atoms with van der Waals surface area (Å²) in [6.07, 6.45) is 2.56. The summed E-state index contributed by atoms with van der Waals surface area (Å²) in [4.78, 5) is 23.4. The number of aryl methyl sites for hydroxylation is 2. The number of fused-ring (bicyclic) bond motifs is 1. The van der Waals surface area contributed by atoms with Crippen molar-refractivity contribution in [2.45, 2.75) is 33.2 Å². The normalized spacial score (nSPS) is 14.3. The number of hydrogen-bond donors (Lipinski definition) is 1. The van der Waals surface area contributed by atoms with E-state index in [2.05, 4.69) is 49.5 Å². The van der Waals surface area contributed by atoms with Crippen molar-refractivity contribution >= 4 is 29.1 Å². The van der Waals surface area contributed by atoms with Crippen molar-refractivity contribution in [2.75, 3.05) is 29.5 Å². The summed E-state index contributed by atoms with van der Waals surface area (Å²) >= 11 is 2.01. The molecule has 1 aliphatic heterocycles. The van der Waals surface area contributed by atoms with Crippen molar-refractivity contribution in [3.63, 3.8) is 0 Å². The monoisotopic (exact) mass is 410 g/mol. The Labute approximate surface area is 174 Å². The summed E-state index contributed by atoms with van der Waals surface area (Å²) in [6, 6.07) is 8.52. The van der Waals surface area contributed by atoms with Crippen LogP contribution < -0.4 is 10.2 Å². The molecule has 3 aromatic rings. The number of amides is 1. The lowest BCUT2D eigenvalue weighted by atomic mass is 10.1. The zero-order valence-corrected chi connectivity index (χ0v) is 17.7. The minimum atomic E-state index is 0.0413. The molecule has 1 aromatic carbocycles. The largest absolute Gasteiger partial charge is 0.370 e. The number of anilines is 1. The van der Waals surface area contributed by atoms with Crippen molar-refractivity contribution in [1.29, 1.82) is 0 Å². The zero-order valence-electron chi connectivity index (χ0n) is 16.9. The molecule has 3 heterocycles. The third-order valence-electron chi connectivity index (χ3n) is 5.39. The van der Waals surface area contributed by atoms with Gasteiger partial charge in [0.05, 0.1) is 0 Å². The highest BCUT2D eigenvalue weighted by Gasteiger charge is 2.13. The molecule has 152 valence electrons. The number of hydrogen-bond acceptors (Lipinski definition) is 6. The van der Waals surface area contributed by atoms with Gasteiger partial charge in [-0.15, -0.1) is 0 Å². The molecule has 1 N–H and O–H groups in total. The molecule has 0 aliphatic carbocycles. The van der Waals surface area contributed by atoms with Crippen molar-refractivity contribution in [2.24, 2.45) is 0 Å². The Morgan fingerprint density at radius 1 is 1.17 bits per heavy atom.